The van der Waals surface area contributed by atoms with Gasteiger partial charge in [-0.3, -0.25) is 14.6 Å². The Labute approximate surface area is 119 Å². The Morgan fingerprint density at radius 2 is 2.20 bits per heavy atom. The third-order valence-corrected chi connectivity index (χ3v) is 3.53. The molecule has 0 bridgehead atoms. The van der Waals surface area contributed by atoms with Crippen molar-refractivity contribution in [3.63, 3.8) is 0 Å². The minimum Gasteiger partial charge on any atom is -0.344 e. The number of nitrogens with one attached hydrogen (secondary N) is 1. The lowest BCUT2D eigenvalue weighted by atomic mass is 10.0. The number of pyridine rings is 1. The molecule has 1 fully saturated rings. The summed E-state index contributed by atoms with van der Waals surface area (Å²) in [6.45, 7) is 4.99. The van der Waals surface area contributed by atoms with E-state index in [1.807, 2.05) is 32.0 Å². The van der Waals surface area contributed by atoms with Crippen molar-refractivity contribution in [2.24, 2.45) is 5.92 Å². The summed E-state index contributed by atoms with van der Waals surface area (Å²) in [5.41, 5.74) is 0.963. The molecule has 0 aliphatic carbocycles. The number of nitrogens with zero attached hydrogens (tertiary/aromatic N) is 2. The topological polar surface area (TPSA) is 62.3 Å². The van der Waals surface area contributed by atoms with Crippen molar-refractivity contribution in [3.8, 4) is 0 Å². The molecule has 0 saturated carbocycles. The SMILES string of the molecule is CC(C)C1NC(=O)CCN(CCc2ccccn2)C1=O. The third kappa shape index (κ3) is 3.56. The van der Waals surface area contributed by atoms with Gasteiger partial charge in [0.2, 0.25) is 11.8 Å². The van der Waals surface area contributed by atoms with Crippen LogP contribution in [0, 0.1) is 5.92 Å². The quantitative estimate of drug-likeness (QED) is 0.891. The summed E-state index contributed by atoms with van der Waals surface area (Å²) in [6.07, 6.45) is 2.84. The Morgan fingerprint density at radius 1 is 1.40 bits per heavy atom. The summed E-state index contributed by atoms with van der Waals surface area (Å²) in [6, 6.07) is 5.35. The zero-order chi connectivity index (χ0) is 14.5. The van der Waals surface area contributed by atoms with Crippen molar-refractivity contribution in [2.75, 3.05) is 13.1 Å². The van der Waals surface area contributed by atoms with Crippen molar-refractivity contribution >= 4 is 11.8 Å². The molecule has 1 aromatic rings. The minimum absolute atomic E-state index is 0.0155. The van der Waals surface area contributed by atoms with E-state index in [2.05, 4.69) is 10.3 Å². The summed E-state index contributed by atoms with van der Waals surface area (Å²) in [5.74, 6) is 0.0704. The first-order valence-corrected chi connectivity index (χ1v) is 7.06. The number of carbonyl (C=O) groups excluding carboxylic acids is 2. The van der Waals surface area contributed by atoms with Crippen molar-refractivity contribution < 1.29 is 9.59 Å². The largest absolute Gasteiger partial charge is 0.344 e. The molecule has 1 aliphatic rings. The van der Waals surface area contributed by atoms with Crippen LogP contribution >= 0.6 is 0 Å². The number of hydrogen-bond donors (Lipinski definition) is 1. The highest BCUT2D eigenvalue weighted by atomic mass is 16.2. The van der Waals surface area contributed by atoms with E-state index in [0.717, 1.165) is 5.69 Å². The van der Waals surface area contributed by atoms with Gasteiger partial charge < -0.3 is 10.2 Å². The summed E-state index contributed by atoms with van der Waals surface area (Å²) in [7, 11) is 0. The zero-order valence-electron chi connectivity index (χ0n) is 12.0. The molecular weight excluding hydrogens is 254 g/mol. The fourth-order valence-electron chi connectivity index (χ4n) is 2.32. The van der Waals surface area contributed by atoms with Crippen LogP contribution in [0.1, 0.15) is 26.0 Å². The maximum Gasteiger partial charge on any atom is 0.245 e. The van der Waals surface area contributed by atoms with Gasteiger partial charge in [0.25, 0.3) is 0 Å². The van der Waals surface area contributed by atoms with Crippen LogP contribution in [0.3, 0.4) is 0 Å². The van der Waals surface area contributed by atoms with Crippen molar-refractivity contribution in [2.45, 2.75) is 32.7 Å². The number of carbonyl (C=O) groups is 2. The molecule has 1 aliphatic heterocycles. The molecule has 20 heavy (non-hydrogen) atoms. The summed E-state index contributed by atoms with van der Waals surface area (Å²) >= 11 is 0. The van der Waals surface area contributed by atoms with E-state index in [4.69, 9.17) is 0 Å². The molecule has 0 spiro atoms. The van der Waals surface area contributed by atoms with Gasteiger partial charge in [-0.2, -0.15) is 0 Å². The van der Waals surface area contributed by atoms with E-state index in [9.17, 15) is 9.59 Å². The Bertz CT molecular complexity index is 473. The van der Waals surface area contributed by atoms with Gasteiger partial charge in [0.1, 0.15) is 6.04 Å². The Morgan fingerprint density at radius 3 is 2.85 bits per heavy atom. The van der Waals surface area contributed by atoms with Gasteiger partial charge in [0.15, 0.2) is 0 Å². The van der Waals surface area contributed by atoms with Crippen molar-refractivity contribution in [3.05, 3.63) is 30.1 Å². The molecule has 5 heteroatoms. The molecule has 2 heterocycles. The minimum atomic E-state index is -0.409. The Hall–Kier alpha value is -1.91. The lowest BCUT2D eigenvalue weighted by molar-refractivity contribution is -0.134. The highest BCUT2D eigenvalue weighted by Gasteiger charge is 2.31. The molecule has 108 valence electrons. The number of amides is 2. The highest BCUT2D eigenvalue weighted by Crippen LogP contribution is 2.11. The van der Waals surface area contributed by atoms with Gasteiger partial charge in [-0.1, -0.05) is 19.9 Å². The first kappa shape index (κ1) is 14.5. The van der Waals surface area contributed by atoms with Gasteiger partial charge in [0, 0.05) is 37.8 Å². The van der Waals surface area contributed by atoms with E-state index >= 15 is 0 Å². The molecule has 1 unspecified atom stereocenters. The van der Waals surface area contributed by atoms with Crippen LogP contribution in [-0.4, -0.2) is 40.8 Å². The van der Waals surface area contributed by atoms with Gasteiger partial charge in [-0.15, -0.1) is 0 Å². The van der Waals surface area contributed by atoms with E-state index in [0.29, 0.717) is 25.9 Å². The number of rotatable bonds is 4. The lowest BCUT2D eigenvalue weighted by Gasteiger charge is -2.25. The second-order valence-corrected chi connectivity index (χ2v) is 5.44. The second kappa shape index (κ2) is 6.50. The molecule has 0 aromatic carbocycles. The van der Waals surface area contributed by atoms with Gasteiger partial charge in [-0.05, 0) is 18.1 Å². The fraction of sp³-hybridized carbons (Fsp3) is 0.533. The monoisotopic (exact) mass is 275 g/mol. The highest BCUT2D eigenvalue weighted by molar-refractivity contribution is 5.90. The maximum atomic E-state index is 12.4. The van der Waals surface area contributed by atoms with E-state index in [1.165, 1.54) is 0 Å². The lowest BCUT2D eigenvalue weighted by Crippen LogP contribution is -2.48. The first-order valence-electron chi connectivity index (χ1n) is 7.06. The van der Waals surface area contributed by atoms with Gasteiger partial charge in [0.05, 0.1) is 0 Å². The molecule has 1 saturated heterocycles. The molecule has 0 radical (unpaired) electrons. The van der Waals surface area contributed by atoms with Gasteiger partial charge >= 0.3 is 0 Å². The molecule has 1 atom stereocenters. The van der Waals surface area contributed by atoms with Crippen LogP contribution in [-0.2, 0) is 16.0 Å². The number of aromatic nitrogens is 1. The number of hydrogen-bond acceptors (Lipinski definition) is 3. The van der Waals surface area contributed by atoms with Crippen LogP contribution in [0.4, 0.5) is 0 Å². The van der Waals surface area contributed by atoms with E-state index < -0.39 is 6.04 Å². The van der Waals surface area contributed by atoms with Crippen LogP contribution in [0.5, 0.6) is 0 Å². The van der Waals surface area contributed by atoms with E-state index in [-0.39, 0.29) is 17.7 Å². The van der Waals surface area contributed by atoms with Crippen molar-refractivity contribution in [1.29, 1.82) is 0 Å². The van der Waals surface area contributed by atoms with Crippen LogP contribution < -0.4 is 5.32 Å². The molecule has 5 nitrogen and oxygen atoms in total. The van der Waals surface area contributed by atoms with Gasteiger partial charge in [-0.25, -0.2) is 0 Å². The summed E-state index contributed by atoms with van der Waals surface area (Å²) in [5, 5.41) is 2.81. The summed E-state index contributed by atoms with van der Waals surface area (Å²) in [4.78, 5) is 30.1. The smallest absolute Gasteiger partial charge is 0.245 e. The summed E-state index contributed by atoms with van der Waals surface area (Å²) < 4.78 is 0. The first-order chi connectivity index (χ1) is 9.58. The molecule has 2 amide bonds. The maximum absolute atomic E-state index is 12.4. The standard InChI is InChI=1S/C15H21N3O2/c1-11(2)14-15(20)18(10-7-13(19)17-14)9-6-12-5-3-4-8-16-12/h3-5,8,11,14H,6-7,9-10H2,1-2H3,(H,17,19). The van der Waals surface area contributed by atoms with Crippen LogP contribution in [0.25, 0.3) is 0 Å². The Kier molecular flexibility index (Phi) is 4.71. The second-order valence-electron chi connectivity index (χ2n) is 5.44. The molecule has 2 rings (SSSR count). The molecular formula is C15H21N3O2. The normalized spacial score (nSPS) is 19.9. The van der Waals surface area contributed by atoms with Crippen LogP contribution in [0.2, 0.25) is 0 Å². The van der Waals surface area contributed by atoms with Crippen molar-refractivity contribution in [1.82, 2.24) is 15.2 Å². The van der Waals surface area contributed by atoms with Crippen LogP contribution in [0.15, 0.2) is 24.4 Å². The zero-order valence-corrected chi connectivity index (χ0v) is 12.0. The molecule has 1 N–H and O–H groups in total. The van der Waals surface area contributed by atoms with E-state index in [1.54, 1.807) is 11.1 Å². The Balaban J connectivity index is 2.02. The average Bonchev–Trinajstić information content (AvgIpc) is 2.58. The predicted octanol–water partition coefficient (Wildman–Crippen LogP) is 0.997. The third-order valence-electron chi connectivity index (χ3n) is 3.53. The average molecular weight is 275 g/mol. The fourth-order valence-corrected chi connectivity index (χ4v) is 2.32. The predicted molar refractivity (Wildman–Crippen MR) is 75.9 cm³/mol. The molecule has 1 aromatic heterocycles.